The molecule has 0 bridgehead atoms. The molecule has 0 fully saturated rings. The third-order valence-corrected chi connectivity index (χ3v) is 40.9. The molecule has 6 heteroatoms. The Balaban J connectivity index is 1.72. The van der Waals surface area contributed by atoms with Crippen molar-refractivity contribution in [1.29, 1.82) is 0 Å². The number of halogens is 2. The Bertz CT molecular complexity index is 1530. The predicted molar refractivity (Wildman–Crippen MR) is 148 cm³/mol. The first-order chi connectivity index (χ1) is 18.4. The van der Waals surface area contributed by atoms with Crippen molar-refractivity contribution in [2.45, 2.75) is 20.3 Å². The molecule has 2 unspecified atom stereocenters. The molecule has 0 aliphatic heterocycles. The monoisotopic (exact) mass is 600 g/mol. The summed E-state index contributed by atoms with van der Waals surface area (Å²) in [5, 5.41) is 0. The van der Waals surface area contributed by atoms with E-state index in [0.717, 1.165) is 11.1 Å². The summed E-state index contributed by atoms with van der Waals surface area (Å²) in [6, 6.07) is 29.4. The molecule has 4 aromatic carbocycles. The molecule has 0 radical (unpaired) electrons. The average molecular weight is 602 g/mol. The van der Waals surface area contributed by atoms with Gasteiger partial charge in [0.05, 0.1) is 0 Å². The van der Waals surface area contributed by atoms with Crippen molar-refractivity contribution in [2.75, 3.05) is 0 Å². The Kier molecular flexibility index (Phi) is 6.36. The SMILES string of the molecule is C[Si](C)=[Zr]([O]c1ccc(F)cc1)([O]c1ccc(F)cc1)([CH]1C=Cc2ccccc21)[CH]1C=Cc2ccccc21. The molecule has 0 heterocycles. The second kappa shape index (κ2) is 9.59. The van der Waals surface area contributed by atoms with E-state index in [-0.39, 0.29) is 18.9 Å². The van der Waals surface area contributed by atoms with Gasteiger partial charge in [0, 0.05) is 0 Å². The Morgan fingerprint density at radius 2 is 0.974 bits per heavy atom. The summed E-state index contributed by atoms with van der Waals surface area (Å²) in [6.45, 7) is 4.57. The number of hydrogen-bond acceptors (Lipinski definition) is 2. The van der Waals surface area contributed by atoms with Crippen LogP contribution in [0.2, 0.25) is 13.1 Å². The topological polar surface area (TPSA) is 18.5 Å². The zero-order chi connectivity index (χ0) is 26.4. The van der Waals surface area contributed by atoms with Crippen LogP contribution in [-0.4, -0.2) is 5.43 Å². The summed E-state index contributed by atoms with van der Waals surface area (Å²) in [6.07, 6.45) is 8.86. The Morgan fingerprint density at radius 1 is 0.579 bits per heavy atom. The first-order valence-corrected chi connectivity index (χ1v) is 23.8. The Hall–Kier alpha value is -3.08. The van der Waals surface area contributed by atoms with Crippen molar-refractivity contribution in [2.24, 2.45) is 0 Å². The first kappa shape index (κ1) is 25.2. The van der Waals surface area contributed by atoms with Crippen molar-refractivity contribution >= 4 is 17.6 Å². The fraction of sp³-hybridized carbons (Fsp3) is 0.125. The van der Waals surface area contributed by atoms with Gasteiger partial charge >= 0.3 is 225 Å². The Morgan fingerprint density at radius 3 is 1.37 bits per heavy atom. The average Bonchev–Trinajstić information content (AvgIpc) is 3.57. The number of hydrogen-bond donors (Lipinski definition) is 0. The van der Waals surface area contributed by atoms with Gasteiger partial charge in [-0.05, 0) is 0 Å². The van der Waals surface area contributed by atoms with Crippen LogP contribution in [0.5, 0.6) is 11.5 Å². The number of rotatable bonds is 6. The molecule has 2 aliphatic carbocycles. The van der Waals surface area contributed by atoms with Crippen molar-refractivity contribution < 1.29 is 32.7 Å². The third-order valence-electron chi connectivity index (χ3n) is 8.05. The molecule has 0 aromatic heterocycles. The standard InChI is InChI=1S/2C9H7.2C6H5FO.C2H6Si.Zr/c2*1-2-5-9-7-3-6-8(9)4-1;2*7-5-1-3-6(8)4-2-5;1-3-2;/h2*1-7H;2*1-4,8H;1-2H3;/q;;;;;+2/p-2. The van der Waals surface area contributed by atoms with Crippen molar-refractivity contribution in [3.05, 3.63) is 143 Å². The van der Waals surface area contributed by atoms with E-state index in [1.807, 2.05) is 12.1 Å². The van der Waals surface area contributed by atoms with Gasteiger partial charge in [-0.3, -0.25) is 0 Å². The summed E-state index contributed by atoms with van der Waals surface area (Å²) < 4.78 is 42.8. The van der Waals surface area contributed by atoms with Crippen LogP contribution in [0, 0.1) is 11.6 Å². The van der Waals surface area contributed by atoms with Crippen molar-refractivity contribution in [3.63, 3.8) is 0 Å². The second-order valence-electron chi connectivity index (χ2n) is 10.3. The fourth-order valence-electron chi connectivity index (χ4n) is 6.24. The number of fused-ring (bicyclic) bond motifs is 2. The van der Waals surface area contributed by atoms with Crippen molar-refractivity contribution in [1.82, 2.24) is 0 Å². The molecule has 38 heavy (non-hydrogen) atoms. The van der Waals surface area contributed by atoms with Gasteiger partial charge in [0.2, 0.25) is 0 Å². The van der Waals surface area contributed by atoms with Gasteiger partial charge in [0.15, 0.2) is 0 Å². The first-order valence-electron chi connectivity index (χ1n) is 12.8. The van der Waals surface area contributed by atoms with E-state index in [2.05, 4.69) is 73.8 Å². The molecule has 6 rings (SSSR count). The molecule has 2 aliphatic rings. The summed E-state index contributed by atoms with van der Waals surface area (Å²) >= 11 is -5.27. The Labute approximate surface area is 224 Å². The zero-order valence-electron chi connectivity index (χ0n) is 21.3. The molecular formula is C32H28F2O2SiZr. The maximum absolute atomic E-state index is 14.0. The van der Waals surface area contributed by atoms with Crippen LogP contribution in [0.1, 0.15) is 29.5 Å². The molecule has 0 N–H and O–H groups in total. The van der Waals surface area contributed by atoms with Crippen LogP contribution >= 0.6 is 0 Å². The van der Waals surface area contributed by atoms with E-state index < -0.39 is 23.7 Å². The fourth-order valence-corrected chi connectivity index (χ4v) is 36.3. The van der Waals surface area contributed by atoms with Gasteiger partial charge < -0.3 is 0 Å². The molecule has 2 atom stereocenters. The van der Waals surface area contributed by atoms with E-state index in [1.165, 1.54) is 35.4 Å². The minimum atomic E-state index is -5.27. The molecule has 0 saturated carbocycles. The van der Waals surface area contributed by atoms with Crippen LogP contribution in [0.4, 0.5) is 8.78 Å². The molecule has 0 spiro atoms. The summed E-state index contributed by atoms with van der Waals surface area (Å²) in [5.74, 6) is 0.562. The van der Waals surface area contributed by atoms with Gasteiger partial charge in [0.1, 0.15) is 0 Å². The van der Waals surface area contributed by atoms with Crippen LogP contribution in [0.15, 0.2) is 109 Å². The van der Waals surface area contributed by atoms with Gasteiger partial charge in [0.25, 0.3) is 0 Å². The second-order valence-corrected chi connectivity index (χ2v) is 35.5. The van der Waals surface area contributed by atoms with Crippen LogP contribution in [-0.2, 0) is 18.3 Å². The van der Waals surface area contributed by atoms with Crippen LogP contribution < -0.4 is 5.63 Å². The minimum absolute atomic E-state index is 0.104. The molecule has 4 aromatic rings. The molecule has 0 saturated heterocycles. The summed E-state index contributed by atoms with van der Waals surface area (Å²) in [7, 11) is 0. The molecule has 190 valence electrons. The van der Waals surface area contributed by atoms with E-state index in [4.69, 9.17) is 5.63 Å². The number of allylic oxidation sites excluding steroid dienone is 2. The molecule has 2 nitrogen and oxygen atoms in total. The van der Waals surface area contributed by atoms with Gasteiger partial charge in [-0.15, -0.1) is 0 Å². The number of benzene rings is 4. The van der Waals surface area contributed by atoms with Crippen LogP contribution in [0.3, 0.4) is 0 Å². The summed E-state index contributed by atoms with van der Waals surface area (Å²) in [4.78, 5) is 0. The van der Waals surface area contributed by atoms with E-state index in [9.17, 15) is 8.78 Å². The van der Waals surface area contributed by atoms with Gasteiger partial charge in [-0.1, -0.05) is 0 Å². The normalized spacial score (nSPS) is 17.7. The van der Waals surface area contributed by atoms with Gasteiger partial charge in [-0.2, -0.15) is 0 Å². The van der Waals surface area contributed by atoms with E-state index >= 15 is 0 Å². The van der Waals surface area contributed by atoms with Crippen molar-refractivity contribution in [3.8, 4) is 11.5 Å². The molecule has 0 amide bonds. The van der Waals surface area contributed by atoms with E-state index in [1.54, 1.807) is 24.3 Å². The van der Waals surface area contributed by atoms with Gasteiger partial charge in [-0.25, -0.2) is 0 Å². The van der Waals surface area contributed by atoms with Crippen LogP contribution in [0.25, 0.3) is 12.2 Å². The zero-order valence-corrected chi connectivity index (χ0v) is 24.7. The maximum atomic E-state index is 14.0. The predicted octanol–water partition coefficient (Wildman–Crippen LogP) is 8.73. The summed E-state index contributed by atoms with van der Waals surface area (Å²) in [5.41, 5.74) is 3.30. The third kappa shape index (κ3) is 3.88. The molecular weight excluding hydrogens is 574 g/mol. The quantitative estimate of drug-likeness (QED) is 0.206. The van der Waals surface area contributed by atoms with E-state index in [0.29, 0.717) is 11.5 Å².